The number of hydrogen-bond acceptors (Lipinski definition) is 4. The van der Waals surface area contributed by atoms with Crippen LogP contribution in [-0.2, 0) is 16.3 Å². The van der Waals surface area contributed by atoms with Crippen molar-refractivity contribution in [2.45, 2.75) is 19.4 Å². The quantitative estimate of drug-likeness (QED) is 0.827. The molecule has 0 saturated carbocycles. The van der Waals surface area contributed by atoms with Gasteiger partial charge in [0.2, 0.25) is 0 Å². The van der Waals surface area contributed by atoms with Crippen LogP contribution in [0, 0.1) is 0 Å². The van der Waals surface area contributed by atoms with Crippen LogP contribution in [0.2, 0.25) is 0 Å². The van der Waals surface area contributed by atoms with Gasteiger partial charge < -0.3 is 5.73 Å². The van der Waals surface area contributed by atoms with Crippen LogP contribution >= 0.6 is 11.3 Å². The molecule has 0 fully saturated rings. The Kier molecular flexibility index (Phi) is 4.10. The van der Waals surface area contributed by atoms with Gasteiger partial charge >= 0.3 is 0 Å². The molecular weight excluding hydrogens is 218 g/mol. The van der Waals surface area contributed by atoms with Crippen LogP contribution in [0.5, 0.6) is 0 Å². The highest BCUT2D eigenvalue weighted by molar-refractivity contribution is 7.91. The molecule has 0 aliphatic rings. The lowest BCUT2D eigenvalue weighted by atomic mass is 10.3. The molecule has 3 nitrogen and oxygen atoms in total. The minimum atomic E-state index is -2.98. The van der Waals surface area contributed by atoms with Crippen LogP contribution in [0.15, 0.2) is 16.8 Å². The van der Waals surface area contributed by atoms with Gasteiger partial charge in [-0.25, -0.2) is 8.42 Å². The van der Waals surface area contributed by atoms with Crippen LogP contribution in [0.25, 0.3) is 0 Å². The summed E-state index contributed by atoms with van der Waals surface area (Å²) >= 11 is 1.58. The van der Waals surface area contributed by atoms with Gasteiger partial charge in [-0.15, -0.1) is 0 Å². The molecule has 1 atom stereocenters. The van der Waals surface area contributed by atoms with Gasteiger partial charge in [-0.05, 0) is 35.7 Å². The minimum absolute atomic E-state index is 0.0805. The van der Waals surface area contributed by atoms with E-state index in [-0.39, 0.29) is 17.5 Å². The number of nitrogens with two attached hydrogens (primary N) is 1. The fourth-order valence-corrected chi connectivity index (χ4v) is 3.41. The Labute approximate surface area is 88.9 Å². The van der Waals surface area contributed by atoms with Crippen LogP contribution in [0.4, 0.5) is 0 Å². The second-order valence-corrected chi connectivity index (χ2v) is 6.48. The van der Waals surface area contributed by atoms with Gasteiger partial charge in [0.05, 0.1) is 11.5 Å². The van der Waals surface area contributed by atoms with Gasteiger partial charge in [0.15, 0.2) is 9.84 Å². The molecule has 1 rings (SSSR count). The van der Waals surface area contributed by atoms with Crippen LogP contribution in [0.1, 0.15) is 12.5 Å². The summed E-state index contributed by atoms with van der Waals surface area (Å²) in [5, 5.41) is 3.93. The van der Waals surface area contributed by atoms with E-state index in [0.29, 0.717) is 6.42 Å². The lowest BCUT2D eigenvalue weighted by Gasteiger charge is -2.05. The summed E-state index contributed by atoms with van der Waals surface area (Å²) in [6.07, 6.45) is 0.596. The molecule has 0 radical (unpaired) electrons. The average molecular weight is 233 g/mol. The molecule has 0 amide bonds. The van der Waals surface area contributed by atoms with Crippen LogP contribution in [-0.4, -0.2) is 26.0 Å². The molecule has 0 spiro atoms. The summed E-state index contributed by atoms with van der Waals surface area (Å²) in [5.74, 6) is 0.280. The van der Waals surface area contributed by atoms with E-state index in [4.69, 9.17) is 5.73 Å². The number of rotatable bonds is 5. The molecule has 80 valence electrons. The Balaban J connectivity index is 2.45. The summed E-state index contributed by atoms with van der Waals surface area (Å²) < 4.78 is 22.9. The highest BCUT2D eigenvalue weighted by Gasteiger charge is 2.13. The maximum Gasteiger partial charge on any atom is 0.152 e. The van der Waals surface area contributed by atoms with E-state index in [1.54, 1.807) is 18.3 Å². The molecule has 2 N–H and O–H groups in total. The third-order valence-corrected chi connectivity index (χ3v) is 4.39. The Morgan fingerprint density at radius 2 is 2.29 bits per heavy atom. The molecule has 0 aliphatic heterocycles. The highest BCUT2D eigenvalue weighted by Crippen LogP contribution is 2.08. The van der Waals surface area contributed by atoms with Gasteiger partial charge in [0, 0.05) is 6.04 Å². The fraction of sp³-hybridized carbons (Fsp3) is 0.556. The second kappa shape index (κ2) is 4.91. The molecule has 1 heterocycles. The lowest BCUT2D eigenvalue weighted by molar-refractivity contribution is 0.589. The number of sulfone groups is 1. The fourth-order valence-electron chi connectivity index (χ4n) is 1.19. The first kappa shape index (κ1) is 11.7. The smallest absolute Gasteiger partial charge is 0.152 e. The van der Waals surface area contributed by atoms with Gasteiger partial charge in [-0.1, -0.05) is 0 Å². The molecule has 0 bridgehead atoms. The molecule has 1 unspecified atom stereocenters. The van der Waals surface area contributed by atoms with Crippen molar-refractivity contribution in [1.29, 1.82) is 0 Å². The SMILES string of the molecule is CC(N)CS(=O)(=O)CCc1ccsc1. The Bertz CT molecular complexity index is 354. The minimum Gasteiger partial charge on any atom is -0.327 e. The van der Waals surface area contributed by atoms with Crippen molar-refractivity contribution in [2.75, 3.05) is 11.5 Å². The van der Waals surface area contributed by atoms with Gasteiger partial charge in [0.25, 0.3) is 0 Å². The van der Waals surface area contributed by atoms with E-state index in [9.17, 15) is 8.42 Å². The molecule has 0 aromatic carbocycles. The maximum absolute atomic E-state index is 11.5. The zero-order valence-electron chi connectivity index (χ0n) is 8.14. The average Bonchev–Trinajstić information content (AvgIpc) is 2.50. The maximum atomic E-state index is 11.5. The Morgan fingerprint density at radius 3 is 2.79 bits per heavy atom. The molecule has 0 saturated heterocycles. The molecule has 0 aliphatic carbocycles. The van der Waals surface area contributed by atoms with Crippen LogP contribution in [0.3, 0.4) is 0 Å². The summed E-state index contributed by atoms with van der Waals surface area (Å²) in [4.78, 5) is 0. The predicted octanol–water partition coefficient (Wildman–Crippen LogP) is 1.05. The second-order valence-electron chi connectivity index (χ2n) is 3.47. The van der Waals surface area contributed by atoms with Crippen molar-refractivity contribution >= 4 is 21.2 Å². The van der Waals surface area contributed by atoms with E-state index >= 15 is 0 Å². The van der Waals surface area contributed by atoms with Gasteiger partial charge in [-0.2, -0.15) is 11.3 Å². The van der Waals surface area contributed by atoms with Crippen molar-refractivity contribution in [2.24, 2.45) is 5.73 Å². The summed E-state index contributed by atoms with van der Waals surface area (Å²) in [6, 6.07) is 1.67. The van der Waals surface area contributed by atoms with E-state index in [1.165, 1.54) is 0 Å². The van der Waals surface area contributed by atoms with E-state index in [1.807, 2.05) is 16.8 Å². The van der Waals surface area contributed by atoms with E-state index in [2.05, 4.69) is 0 Å². The first-order chi connectivity index (χ1) is 6.49. The standard InChI is InChI=1S/C9H15NO2S2/c1-8(10)7-14(11,12)5-3-9-2-4-13-6-9/h2,4,6,8H,3,5,7,10H2,1H3. The van der Waals surface area contributed by atoms with Crippen molar-refractivity contribution in [3.05, 3.63) is 22.4 Å². The predicted molar refractivity (Wildman–Crippen MR) is 60.3 cm³/mol. The zero-order valence-corrected chi connectivity index (χ0v) is 9.77. The van der Waals surface area contributed by atoms with Crippen molar-refractivity contribution in [3.8, 4) is 0 Å². The lowest BCUT2D eigenvalue weighted by Crippen LogP contribution is -2.28. The van der Waals surface area contributed by atoms with Crippen molar-refractivity contribution in [3.63, 3.8) is 0 Å². The van der Waals surface area contributed by atoms with Gasteiger partial charge in [-0.3, -0.25) is 0 Å². The Hall–Kier alpha value is -0.390. The largest absolute Gasteiger partial charge is 0.327 e. The zero-order chi connectivity index (χ0) is 10.6. The van der Waals surface area contributed by atoms with Gasteiger partial charge in [0.1, 0.15) is 0 Å². The summed E-state index contributed by atoms with van der Waals surface area (Å²) in [6.45, 7) is 1.71. The van der Waals surface area contributed by atoms with Crippen molar-refractivity contribution in [1.82, 2.24) is 0 Å². The third-order valence-electron chi connectivity index (χ3n) is 1.80. The molecule has 5 heteroatoms. The first-order valence-electron chi connectivity index (χ1n) is 4.47. The van der Waals surface area contributed by atoms with E-state index < -0.39 is 9.84 Å². The monoisotopic (exact) mass is 233 g/mol. The molecule has 1 aromatic heterocycles. The van der Waals surface area contributed by atoms with Crippen molar-refractivity contribution < 1.29 is 8.42 Å². The molecule has 14 heavy (non-hydrogen) atoms. The summed E-state index contributed by atoms with van der Waals surface area (Å²) in [5.41, 5.74) is 6.54. The third kappa shape index (κ3) is 4.21. The van der Waals surface area contributed by atoms with E-state index in [0.717, 1.165) is 5.56 Å². The first-order valence-corrected chi connectivity index (χ1v) is 7.23. The molecular formula is C9H15NO2S2. The summed E-state index contributed by atoms with van der Waals surface area (Å²) in [7, 11) is -2.98. The topological polar surface area (TPSA) is 60.2 Å². The normalized spacial score (nSPS) is 14.1. The highest BCUT2D eigenvalue weighted by atomic mass is 32.2. The Morgan fingerprint density at radius 1 is 1.57 bits per heavy atom. The van der Waals surface area contributed by atoms with Crippen LogP contribution < -0.4 is 5.73 Å². The number of aryl methyl sites for hydroxylation is 1. The molecule has 1 aromatic rings. The number of thiophene rings is 1. The number of hydrogen-bond donors (Lipinski definition) is 1.